The summed E-state index contributed by atoms with van der Waals surface area (Å²) >= 11 is 0. The van der Waals surface area contributed by atoms with Gasteiger partial charge in [0.2, 0.25) is 16.6 Å². The van der Waals surface area contributed by atoms with Gasteiger partial charge in [0.05, 0.1) is 5.92 Å². The zero-order valence-corrected chi connectivity index (χ0v) is 18.2. The molecule has 2 aromatic rings. The van der Waals surface area contributed by atoms with Crippen LogP contribution in [-0.4, -0.2) is 22.6 Å². The molecule has 4 nitrogen and oxygen atoms in total. The largest absolute Gasteiger partial charge is 0.519 e. The van der Waals surface area contributed by atoms with E-state index in [0.717, 1.165) is 16.3 Å². The van der Waals surface area contributed by atoms with Crippen molar-refractivity contribution in [2.24, 2.45) is 0 Å². The fourth-order valence-corrected chi connectivity index (χ4v) is 3.53. The normalized spacial score (nSPS) is 13.6. The van der Waals surface area contributed by atoms with E-state index in [-0.39, 0.29) is 11.9 Å². The van der Waals surface area contributed by atoms with Gasteiger partial charge in [0.1, 0.15) is 0 Å². The second kappa shape index (κ2) is 7.31. The lowest BCUT2D eigenvalue weighted by Gasteiger charge is -2.22. The predicted molar refractivity (Wildman–Crippen MR) is 107 cm³/mol. The average Bonchev–Trinajstić information content (AvgIpc) is 2.49. The predicted octanol–water partition coefficient (Wildman–Crippen LogP) is 5.47. The standard InChI is InChI=1S/C19H28O4Si2/c1-14(19(20)22-24(2,3)4)17-10-8-9-15-13-16(11-12-18(15)17)21-23-25(5,6)7/h8-14H,1-7H3. The van der Waals surface area contributed by atoms with E-state index in [4.69, 9.17) is 13.9 Å². The number of hydrogen-bond donors (Lipinski definition) is 0. The molecular formula is C19H28O4Si2. The molecule has 0 fully saturated rings. The van der Waals surface area contributed by atoms with E-state index in [0.29, 0.717) is 5.75 Å². The second-order valence-corrected chi connectivity index (χ2v) is 17.1. The van der Waals surface area contributed by atoms with Gasteiger partial charge in [-0.2, -0.15) is 0 Å². The van der Waals surface area contributed by atoms with Crippen LogP contribution in [0.1, 0.15) is 18.4 Å². The summed E-state index contributed by atoms with van der Waals surface area (Å²) in [6.07, 6.45) is 0. The first-order valence-corrected chi connectivity index (χ1v) is 15.4. The quantitative estimate of drug-likeness (QED) is 0.381. The highest BCUT2D eigenvalue weighted by Crippen LogP contribution is 2.30. The summed E-state index contributed by atoms with van der Waals surface area (Å²) < 4.78 is 11.2. The van der Waals surface area contributed by atoms with Crippen LogP contribution in [0, 0.1) is 0 Å². The Bertz CT molecular complexity index is 760. The van der Waals surface area contributed by atoms with Crippen molar-refractivity contribution in [2.45, 2.75) is 52.1 Å². The van der Waals surface area contributed by atoms with Gasteiger partial charge in [0.15, 0.2) is 5.75 Å². The van der Waals surface area contributed by atoms with Crippen LogP contribution in [0.2, 0.25) is 39.3 Å². The Hall–Kier alpha value is -1.64. The van der Waals surface area contributed by atoms with Crippen molar-refractivity contribution in [3.63, 3.8) is 0 Å². The van der Waals surface area contributed by atoms with Crippen LogP contribution in [0.4, 0.5) is 0 Å². The number of rotatable bonds is 6. The third-order valence-corrected chi connectivity index (χ3v) is 4.90. The topological polar surface area (TPSA) is 44.8 Å². The van der Waals surface area contributed by atoms with E-state index in [9.17, 15) is 4.79 Å². The highest BCUT2D eigenvalue weighted by atomic mass is 28.4. The van der Waals surface area contributed by atoms with Crippen molar-refractivity contribution in [2.75, 3.05) is 0 Å². The molecule has 0 aliphatic carbocycles. The first kappa shape index (κ1) is 19.7. The van der Waals surface area contributed by atoms with Gasteiger partial charge in [-0.15, -0.1) is 0 Å². The van der Waals surface area contributed by atoms with Gasteiger partial charge in [0.25, 0.3) is 5.97 Å². The fraction of sp³-hybridized carbons (Fsp3) is 0.421. The molecule has 0 radical (unpaired) electrons. The van der Waals surface area contributed by atoms with E-state index >= 15 is 0 Å². The number of fused-ring (bicyclic) bond motifs is 1. The molecule has 0 aliphatic rings. The molecule has 2 rings (SSSR count). The fourth-order valence-electron chi connectivity index (χ4n) is 2.41. The van der Waals surface area contributed by atoms with E-state index in [1.165, 1.54) is 0 Å². The van der Waals surface area contributed by atoms with Crippen LogP contribution in [0.5, 0.6) is 5.75 Å². The van der Waals surface area contributed by atoms with Gasteiger partial charge in [-0.25, -0.2) is 4.58 Å². The third kappa shape index (κ3) is 5.69. The molecule has 1 atom stereocenters. The van der Waals surface area contributed by atoms with Crippen LogP contribution in [0.3, 0.4) is 0 Å². The van der Waals surface area contributed by atoms with Crippen molar-refractivity contribution in [1.82, 2.24) is 0 Å². The molecule has 0 saturated carbocycles. The number of carbonyl (C=O) groups excluding carboxylic acids is 1. The van der Waals surface area contributed by atoms with E-state index in [2.05, 4.69) is 19.6 Å². The molecule has 0 saturated heterocycles. The molecule has 0 heterocycles. The molecule has 1 unspecified atom stereocenters. The molecule has 0 N–H and O–H groups in total. The molecule has 0 aliphatic heterocycles. The zero-order chi connectivity index (χ0) is 18.8. The molecule has 136 valence electrons. The first-order valence-electron chi connectivity index (χ1n) is 8.57. The average molecular weight is 377 g/mol. The van der Waals surface area contributed by atoms with Crippen LogP contribution in [-0.2, 0) is 13.8 Å². The monoisotopic (exact) mass is 376 g/mol. The zero-order valence-electron chi connectivity index (χ0n) is 16.2. The number of carbonyl (C=O) groups is 1. The van der Waals surface area contributed by atoms with Gasteiger partial charge in [-0.3, -0.25) is 4.79 Å². The summed E-state index contributed by atoms with van der Waals surface area (Å²) in [7, 11) is -3.66. The molecule has 0 aromatic heterocycles. The third-order valence-electron chi connectivity index (χ3n) is 3.50. The van der Waals surface area contributed by atoms with Crippen molar-refractivity contribution in [3.05, 3.63) is 42.0 Å². The Morgan fingerprint density at radius 2 is 1.64 bits per heavy atom. The minimum absolute atomic E-state index is 0.158. The van der Waals surface area contributed by atoms with Crippen LogP contribution < -0.4 is 4.89 Å². The van der Waals surface area contributed by atoms with Gasteiger partial charge >= 0.3 is 0 Å². The summed E-state index contributed by atoms with van der Waals surface area (Å²) in [5.41, 5.74) is 0.971. The minimum Gasteiger partial charge on any atom is -0.519 e. The van der Waals surface area contributed by atoms with Gasteiger partial charge < -0.3 is 9.31 Å². The van der Waals surface area contributed by atoms with E-state index < -0.39 is 16.6 Å². The highest BCUT2D eigenvalue weighted by Gasteiger charge is 2.26. The lowest BCUT2D eigenvalue weighted by molar-refractivity contribution is -0.136. The van der Waals surface area contributed by atoms with Crippen LogP contribution in [0.25, 0.3) is 10.8 Å². The number of benzene rings is 2. The summed E-state index contributed by atoms with van der Waals surface area (Å²) in [6, 6.07) is 11.7. The lowest BCUT2D eigenvalue weighted by atomic mass is 9.95. The molecule has 0 amide bonds. The van der Waals surface area contributed by atoms with Crippen LogP contribution in [0.15, 0.2) is 36.4 Å². The van der Waals surface area contributed by atoms with Crippen molar-refractivity contribution in [3.8, 4) is 5.75 Å². The van der Waals surface area contributed by atoms with Gasteiger partial charge in [-0.05, 0) is 74.7 Å². The SMILES string of the molecule is CC(C(=O)O[Si](C)(C)C)c1cccc2cc(OO[Si](C)(C)C)ccc12. The van der Waals surface area contributed by atoms with Crippen molar-refractivity contribution < 1.29 is 18.7 Å². The summed E-state index contributed by atoms with van der Waals surface area (Å²) in [6.45, 7) is 14.2. The van der Waals surface area contributed by atoms with E-state index in [1.54, 1.807) is 0 Å². The van der Waals surface area contributed by atoms with Crippen molar-refractivity contribution in [1.29, 1.82) is 0 Å². The number of hydrogen-bond acceptors (Lipinski definition) is 4. The summed E-state index contributed by atoms with van der Waals surface area (Å²) in [4.78, 5) is 17.9. The molecule has 25 heavy (non-hydrogen) atoms. The van der Waals surface area contributed by atoms with Crippen molar-refractivity contribution >= 4 is 33.4 Å². The maximum atomic E-state index is 12.5. The first-order chi connectivity index (χ1) is 11.5. The second-order valence-electron chi connectivity index (χ2n) is 8.26. The highest BCUT2D eigenvalue weighted by molar-refractivity contribution is 6.71. The van der Waals surface area contributed by atoms with Gasteiger partial charge in [0, 0.05) is 0 Å². The summed E-state index contributed by atoms with van der Waals surface area (Å²) in [5, 5.41) is 2.05. The van der Waals surface area contributed by atoms with Crippen LogP contribution >= 0.6 is 0 Å². The Balaban J connectivity index is 2.29. The Morgan fingerprint density at radius 1 is 0.960 bits per heavy atom. The minimum atomic E-state index is -1.90. The maximum absolute atomic E-state index is 12.5. The Labute approximate surface area is 152 Å². The molecule has 2 aromatic carbocycles. The lowest BCUT2D eigenvalue weighted by Crippen LogP contribution is -2.31. The van der Waals surface area contributed by atoms with E-state index in [1.807, 2.05) is 63.0 Å². The Kier molecular flexibility index (Phi) is 5.76. The Morgan fingerprint density at radius 3 is 2.24 bits per heavy atom. The molecule has 0 spiro atoms. The molecule has 6 heteroatoms. The summed E-state index contributed by atoms with van der Waals surface area (Å²) in [5.74, 6) is 0.207. The maximum Gasteiger partial charge on any atom is 0.299 e. The van der Waals surface area contributed by atoms with Gasteiger partial charge in [-0.1, -0.05) is 24.3 Å². The smallest absolute Gasteiger partial charge is 0.299 e. The molecular weight excluding hydrogens is 348 g/mol. The molecule has 0 bridgehead atoms.